The van der Waals surface area contributed by atoms with Gasteiger partial charge < -0.3 is 9.84 Å². The van der Waals surface area contributed by atoms with Crippen LogP contribution in [0.2, 0.25) is 10.0 Å². The molecule has 2 aliphatic heterocycles. The first-order chi connectivity index (χ1) is 13.5. The van der Waals surface area contributed by atoms with Crippen LogP contribution in [0.4, 0.5) is 0 Å². The Morgan fingerprint density at radius 1 is 1.04 bits per heavy atom. The van der Waals surface area contributed by atoms with Gasteiger partial charge in [0.15, 0.2) is 5.78 Å². The van der Waals surface area contributed by atoms with Crippen molar-refractivity contribution in [2.45, 2.75) is 38.4 Å². The number of carbonyl (C=O) groups is 1. The summed E-state index contributed by atoms with van der Waals surface area (Å²) in [7, 11) is 0. The van der Waals surface area contributed by atoms with E-state index < -0.39 is 0 Å². The molecule has 2 saturated heterocycles. The summed E-state index contributed by atoms with van der Waals surface area (Å²) >= 11 is 12.4. The van der Waals surface area contributed by atoms with Gasteiger partial charge in [-0.05, 0) is 54.2 Å². The number of benzene rings is 2. The molecule has 28 heavy (non-hydrogen) atoms. The zero-order chi connectivity index (χ0) is 19.6. The maximum absolute atomic E-state index is 13.3. The first-order valence-corrected chi connectivity index (χ1v) is 10.5. The Morgan fingerprint density at radius 2 is 1.79 bits per heavy atom. The lowest BCUT2D eigenvalue weighted by molar-refractivity contribution is -0.118. The second-order valence-corrected chi connectivity index (χ2v) is 8.66. The second kappa shape index (κ2) is 6.62. The van der Waals surface area contributed by atoms with Gasteiger partial charge in [-0.25, -0.2) is 0 Å². The largest absolute Gasteiger partial charge is 0.511 e. The molecule has 4 atom stereocenters. The van der Waals surface area contributed by atoms with Crippen LogP contribution in [0.1, 0.15) is 30.9 Å². The van der Waals surface area contributed by atoms with Gasteiger partial charge in [0.05, 0.1) is 29.6 Å². The molecule has 3 nitrogen and oxygen atoms in total. The lowest BCUT2D eigenvalue weighted by Gasteiger charge is -2.19. The number of ketones is 1. The number of ether oxygens (including phenoxy) is 1. The van der Waals surface area contributed by atoms with Crippen LogP contribution in [0, 0.1) is 11.8 Å². The van der Waals surface area contributed by atoms with E-state index in [0.29, 0.717) is 15.6 Å². The summed E-state index contributed by atoms with van der Waals surface area (Å²) in [5.41, 5.74) is 4.07. The van der Waals surface area contributed by atoms with Gasteiger partial charge in [0.1, 0.15) is 5.76 Å². The van der Waals surface area contributed by atoms with Crippen molar-refractivity contribution in [3.63, 3.8) is 0 Å². The van der Waals surface area contributed by atoms with E-state index in [1.54, 1.807) is 12.1 Å². The Labute approximate surface area is 173 Å². The smallest absolute Gasteiger partial charge is 0.173 e. The zero-order valence-corrected chi connectivity index (χ0v) is 16.9. The van der Waals surface area contributed by atoms with E-state index in [1.165, 1.54) is 0 Å². The number of rotatable bonds is 3. The molecule has 0 radical (unpaired) electrons. The number of hydrogen-bond acceptors (Lipinski definition) is 3. The molecule has 2 aromatic rings. The van der Waals surface area contributed by atoms with E-state index in [0.717, 1.165) is 41.5 Å². The molecular formula is C23H20Cl2O3. The molecule has 3 aliphatic rings. The van der Waals surface area contributed by atoms with Crippen molar-refractivity contribution in [2.75, 3.05) is 0 Å². The third-order valence-electron chi connectivity index (χ3n) is 6.40. The van der Waals surface area contributed by atoms with Crippen LogP contribution in [0.15, 0.2) is 42.2 Å². The second-order valence-electron chi connectivity index (χ2n) is 7.82. The molecule has 3 unspecified atom stereocenters. The summed E-state index contributed by atoms with van der Waals surface area (Å²) in [5.74, 6) is -0.199. The van der Waals surface area contributed by atoms with Crippen molar-refractivity contribution in [3.8, 4) is 11.1 Å². The van der Waals surface area contributed by atoms with Gasteiger partial charge in [-0.1, -0.05) is 48.3 Å². The van der Waals surface area contributed by atoms with Gasteiger partial charge in [0, 0.05) is 15.6 Å². The third-order valence-corrected chi connectivity index (χ3v) is 6.94. The molecule has 2 fully saturated rings. The number of fused-ring (bicyclic) bond motifs is 5. The van der Waals surface area contributed by atoms with Crippen LogP contribution in [-0.4, -0.2) is 23.1 Å². The molecule has 5 heteroatoms. The molecule has 0 saturated carbocycles. The van der Waals surface area contributed by atoms with Crippen molar-refractivity contribution >= 4 is 34.6 Å². The molecule has 0 spiro atoms. The average molecular weight is 415 g/mol. The predicted octanol–water partition coefficient (Wildman–Crippen LogP) is 5.87. The zero-order valence-electron chi connectivity index (χ0n) is 15.4. The van der Waals surface area contributed by atoms with Crippen LogP contribution in [0.3, 0.4) is 0 Å². The van der Waals surface area contributed by atoms with Crippen molar-refractivity contribution in [2.24, 2.45) is 11.8 Å². The van der Waals surface area contributed by atoms with E-state index >= 15 is 0 Å². The van der Waals surface area contributed by atoms with E-state index in [2.05, 4.69) is 6.92 Å². The molecule has 0 aromatic heterocycles. The number of aliphatic hydroxyl groups excluding tert-OH is 1. The Kier molecular flexibility index (Phi) is 4.31. The summed E-state index contributed by atoms with van der Waals surface area (Å²) < 4.78 is 5.90. The topological polar surface area (TPSA) is 46.5 Å². The molecular weight excluding hydrogens is 395 g/mol. The van der Waals surface area contributed by atoms with Crippen molar-refractivity contribution in [3.05, 3.63) is 63.3 Å². The minimum atomic E-state index is -0.235. The number of carbonyl (C=O) groups excluding carboxylic acids is 1. The van der Waals surface area contributed by atoms with Crippen LogP contribution in [0.25, 0.3) is 16.7 Å². The molecule has 2 bridgehead atoms. The molecule has 2 heterocycles. The van der Waals surface area contributed by atoms with Crippen LogP contribution in [-0.2, 0) is 16.0 Å². The van der Waals surface area contributed by atoms with E-state index in [9.17, 15) is 9.90 Å². The highest BCUT2D eigenvalue weighted by Gasteiger charge is 2.59. The Hall–Kier alpha value is -1.81. The fourth-order valence-electron chi connectivity index (χ4n) is 5.10. The van der Waals surface area contributed by atoms with Crippen molar-refractivity contribution < 1.29 is 14.6 Å². The Balaban J connectivity index is 1.64. The first kappa shape index (κ1) is 18.2. The quantitative estimate of drug-likeness (QED) is 0.682. The SMILES string of the molecule is CCc1ccc(-c2ccc(Cl)cc2Cl)cc1C1=C(O)[C@H]2C3CCC(O3)C2C1=O. The van der Waals surface area contributed by atoms with Crippen LogP contribution in [0.5, 0.6) is 0 Å². The van der Waals surface area contributed by atoms with E-state index in [-0.39, 0.29) is 35.6 Å². The number of hydrogen-bond donors (Lipinski definition) is 1. The molecule has 1 aliphatic carbocycles. The van der Waals surface area contributed by atoms with E-state index in [1.807, 2.05) is 24.3 Å². The normalized spacial score (nSPS) is 28.3. The number of aryl methyl sites for hydroxylation is 1. The number of aliphatic hydroxyl groups is 1. The van der Waals surface area contributed by atoms with Gasteiger partial charge in [-0.15, -0.1) is 0 Å². The highest BCUT2D eigenvalue weighted by molar-refractivity contribution is 6.36. The summed E-state index contributed by atoms with van der Waals surface area (Å²) in [5, 5.41) is 12.1. The summed E-state index contributed by atoms with van der Waals surface area (Å²) in [6.45, 7) is 2.05. The fourth-order valence-corrected chi connectivity index (χ4v) is 5.61. The van der Waals surface area contributed by atoms with Gasteiger partial charge in [0.2, 0.25) is 0 Å². The minimum absolute atomic E-state index is 0.0174. The highest BCUT2D eigenvalue weighted by atomic mass is 35.5. The highest BCUT2D eigenvalue weighted by Crippen LogP contribution is 2.54. The van der Waals surface area contributed by atoms with Crippen LogP contribution < -0.4 is 0 Å². The lowest BCUT2D eigenvalue weighted by atomic mass is 9.80. The number of allylic oxidation sites excluding steroid dienone is 1. The standard InChI is InChI=1S/C23H20Cl2O3/c1-2-11-3-4-12(14-6-5-13(24)10-16(14)25)9-15(11)19-22(26)20-17-7-8-18(28-17)21(20)23(19)27/h3-6,9-10,17-18,20-21,26H,2,7-8H2,1H3/t17?,18?,20-,21?/m0/s1. The lowest BCUT2D eigenvalue weighted by Crippen LogP contribution is -2.29. The van der Waals surface area contributed by atoms with Crippen molar-refractivity contribution in [1.82, 2.24) is 0 Å². The first-order valence-electron chi connectivity index (χ1n) is 9.71. The van der Waals surface area contributed by atoms with Gasteiger partial charge >= 0.3 is 0 Å². The Bertz CT molecular complexity index is 1030. The van der Waals surface area contributed by atoms with Gasteiger partial charge in [0.25, 0.3) is 0 Å². The number of Topliss-reactive ketones (excluding diaryl/α,β-unsaturated/α-hetero) is 1. The monoisotopic (exact) mass is 414 g/mol. The third kappa shape index (κ3) is 2.57. The fraction of sp³-hybridized carbons (Fsp3) is 0.348. The Morgan fingerprint density at radius 3 is 2.46 bits per heavy atom. The van der Waals surface area contributed by atoms with E-state index in [4.69, 9.17) is 27.9 Å². The molecule has 0 amide bonds. The maximum Gasteiger partial charge on any atom is 0.173 e. The van der Waals surface area contributed by atoms with Crippen LogP contribution >= 0.6 is 23.2 Å². The maximum atomic E-state index is 13.3. The predicted molar refractivity (Wildman–Crippen MR) is 111 cm³/mol. The van der Waals surface area contributed by atoms with Crippen molar-refractivity contribution in [1.29, 1.82) is 0 Å². The molecule has 5 rings (SSSR count). The summed E-state index contributed by atoms with van der Waals surface area (Å²) in [6, 6.07) is 11.4. The molecule has 1 N–H and O–H groups in total. The van der Waals surface area contributed by atoms with Gasteiger partial charge in [-0.2, -0.15) is 0 Å². The number of halogens is 2. The summed E-state index contributed by atoms with van der Waals surface area (Å²) in [4.78, 5) is 13.3. The minimum Gasteiger partial charge on any atom is -0.511 e. The average Bonchev–Trinajstić information content (AvgIpc) is 3.35. The molecule has 144 valence electrons. The summed E-state index contributed by atoms with van der Waals surface area (Å²) in [6.07, 6.45) is 2.50. The molecule has 2 aromatic carbocycles. The van der Waals surface area contributed by atoms with Gasteiger partial charge in [-0.3, -0.25) is 4.79 Å².